The zero-order chi connectivity index (χ0) is 22.9. The Morgan fingerprint density at radius 3 is 1.70 bits per heavy atom. The molecule has 0 aromatic carbocycles. The third kappa shape index (κ3) is 11.7. The molecule has 30 heavy (non-hydrogen) atoms. The Balaban J connectivity index is 5.46. The fraction of sp³-hybridized carbons (Fsp3) is 0.778. The van der Waals surface area contributed by atoms with Crippen molar-refractivity contribution in [3.05, 3.63) is 37.0 Å². The van der Waals surface area contributed by atoms with Crippen molar-refractivity contribution in [2.45, 2.75) is 128 Å². The van der Waals surface area contributed by atoms with Crippen molar-refractivity contribution in [2.75, 3.05) is 0 Å². The van der Waals surface area contributed by atoms with Gasteiger partial charge in [0.25, 0.3) is 0 Å². The van der Waals surface area contributed by atoms with Crippen LogP contribution in [0.4, 0.5) is 0 Å². The summed E-state index contributed by atoms with van der Waals surface area (Å²) in [5, 5.41) is 0. The first-order valence-electron chi connectivity index (χ1n) is 13.0. The average Bonchev–Trinajstić information content (AvgIpc) is 2.76. The molecule has 0 heterocycles. The molecule has 0 spiro atoms. The van der Waals surface area contributed by atoms with Crippen molar-refractivity contribution in [1.29, 1.82) is 0 Å². The van der Waals surface area contributed by atoms with E-state index in [1.165, 1.54) is 66.7 Å². The van der Waals surface area contributed by atoms with E-state index in [-0.39, 0.29) is 6.10 Å². The predicted molar refractivity (Wildman–Crippen MR) is 145 cm³/mol. The van der Waals surface area contributed by atoms with E-state index >= 15 is 0 Å². The molecule has 0 unspecified atom stereocenters. The van der Waals surface area contributed by atoms with Crippen molar-refractivity contribution in [3.8, 4) is 0 Å². The Bertz CT molecular complexity index is 451. The predicted octanol–water partition coefficient (Wildman–Crippen LogP) is 9.91. The summed E-state index contributed by atoms with van der Waals surface area (Å²) in [4.78, 5) is 0. The van der Waals surface area contributed by atoms with Crippen LogP contribution < -0.4 is 0 Å². The van der Waals surface area contributed by atoms with Gasteiger partial charge in [0, 0.05) is 0 Å². The zero-order valence-corrected chi connectivity index (χ0v) is 25.4. The standard InChI is InChI=1S/C15H27OSi.3C4H9.Sn/c1-7-11-12-15(13-14(5)6)16-17(8-2,9-3)10-4;3*1-3-4-2;/h7,11-12,15H,1,5-6,8-10,13H2,2-4H3;3*1,3-4H2,2H3;/b12-11+;;;;/t15-;;;;/m1..../s1. The molecule has 1 atom stereocenters. The van der Waals surface area contributed by atoms with Crippen LogP contribution in [0.2, 0.25) is 35.9 Å². The van der Waals surface area contributed by atoms with Crippen molar-refractivity contribution >= 4 is 26.7 Å². The summed E-state index contributed by atoms with van der Waals surface area (Å²) in [5.74, 6) is 0. The minimum absolute atomic E-state index is 0.189. The van der Waals surface area contributed by atoms with E-state index in [0.717, 1.165) is 6.42 Å². The van der Waals surface area contributed by atoms with Crippen LogP contribution >= 0.6 is 0 Å². The first-order chi connectivity index (χ1) is 14.4. The van der Waals surface area contributed by atoms with E-state index in [0.29, 0.717) is 0 Å². The molecular weight excluding hydrogens is 487 g/mol. The molecule has 3 heteroatoms. The van der Waals surface area contributed by atoms with Crippen LogP contribution in [-0.2, 0) is 4.43 Å². The Morgan fingerprint density at radius 1 is 0.867 bits per heavy atom. The number of hydrogen-bond acceptors (Lipinski definition) is 1. The van der Waals surface area contributed by atoms with Crippen LogP contribution in [0.1, 0.15) is 86.5 Å². The average molecular weight is 542 g/mol. The fourth-order valence-corrected chi connectivity index (χ4v) is 24.2. The van der Waals surface area contributed by atoms with Crippen LogP contribution in [0, 0.1) is 0 Å². The Kier molecular flexibility index (Phi) is 17.8. The van der Waals surface area contributed by atoms with Crippen molar-refractivity contribution in [3.63, 3.8) is 0 Å². The van der Waals surface area contributed by atoms with Crippen molar-refractivity contribution < 1.29 is 4.43 Å². The van der Waals surface area contributed by atoms with Crippen LogP contribution in [0.5, 0.6) is 0 Å². The summed E-state index contributed by atoms with van der Waals surface area (Å²) in [7, 11) is -1.63. The van der Waals surface area contributed by atoms with Gasteiger partial charge in [-0.25, -0.2) is 0 Å². The summed E-state index contributed by atoms with van der Waals surface area (Å²) in [6.07, 6.45) is 15.8. The zero-order valence-electron chi connectivity index (χ0n) is 21.5. The molecule has 0 aromatic heterocycles. The van der Waals surface area contributed by atoms with Crippen LogP contribution in [0.25, 0.3) is 0 Å². The number of rotatable bonds is 20. The molecule has 176 valence electrons. The molecule has 0 fully saturated rings. The molecule has 0 aromatic rings. The van der Waals surface area contributed by atoms with E-state index in [4.69, 9.17) is 4.43 Å². The molecule has 0 saturated carbocycles. The summed E-state index contributed by atoms with van der Waals surface area (Å²) in [6, 6.07) is 3.62. The monoisotopic (exact) mass is 542 g/mol. The van der Waals surface area contributed by atoms with Crippen molar-refractivity contribution in [1.82, 2.24) is 0 Å². The topological polar surface area (TPSA) is 9.23 Å². The molecule has 0 saturated heterocycles. The second-order valence-corrected chi connectivity index (χ2v) is 28.0. The van der Waals surface area contributed by atoms with Crippen molar-refractivity contribution in [2.24, 2.45) is 0 Å². The maximum atomic E-state index is 6.88. The normalized spacial score (nSPS) is 13.7. The van der Waals surface area contributed by atoms with E-state index < -0.39 is 26.7 Å². The summed E-state index contributed by atoms with van der Waals surface area (Å²) >= 11 is -2.18. The molecule has 0 bridgehead atoms. The molecule has 0 aliphatic carbocycles. The Hall–Kier alpha value is 0.196. The van der Waals surface area contributed by atoms with Crippen LogP contribution in [0.15, 0.2) is 37.0 Å². The van der Waals surface area contributed by atoms with E-state index in [1.807, 2.05) is 6.08 Å². The van der Waals surface area contributed by atoms with Gasteiger partial charge in [0.2, 0.25) is 0 Å². The molecule has 0 rings (SSSR count). The second kappa shape index (κ2) is 17.7. The minimum atomic E-state index is -2.18. The number of allylic oxidation sites excluding steroid dienone is 2. The fourth-order valence-electron chi connectivity index (χ4n) is 4.86. The molecule has 0 aliphatic rings. The summed E-state index contributed by atoms with van der Waals surface area (Å²) in [6.45, 7) is 22.6. The number of hydrogen-bond donors (Lipinski definition) is 0. The SMILES string of the molecule is C=C/C=C/[C@H](CC(=C)[CH2][Sn]([CH2]CCC)([CH2]CCC)[CH2]CCC)O[Si](CC)(CC)CC. The van der Waals surface area contributed by atoms with Gasteiger partial charge in [0.05, 0.1) is 0 Å². The number of unbranched alkanes of at least 4 members (excludes halogenated alkanes) is 3. The Labute approximate surface area is 195 Å². The van der Waals surface area contributed by atoms with Gasteiger partial charge in [0.1, 0.15) is 0 Å². The Morgan fingerprint density at radius 2 is 1.33 bits per heavy atom. The van der Waals surface area contributed by atoms with Gasteiger partial charge in [-0.15, -0.1) is 0 Å². The quantitative estimate of drug-likeness (QED) is 0.0847. The van der Waals surface area contributed by atoms with Gasteiger partial charge < -0.3 is 0 Å². The molecule has 0 radical (unpaired) electrons. The summed E-state index contributed by atoms with van der Waals surface area (Å²) < 4.78 is 13.0. The van der Waals surface area contributed by atoms with Gasteiger partial charge in [-0.1, -0.05) is 0 Å². The van der Waals surface area contributed by atoms with Gasteiger partial charge in [-0.05, 0) is 0 Å². The third-order valence-corrected chi connectivity index (χ3v) is 27.4. The molecule has 0 aliphatic heterocycles. The maximum absolute atomic E-state index is 6.88. The van der Waals surface area contributed by atoms with Crippen LogP contribution in [-0.4, -0.2) is 32.8 Å². The first-order valence-corrected chi connectivity index (χ1v) is 23.6. The molecular formula is C27H54OSiSn. The van der Waals surface area contributed by atoms with E-state index in [2.05, 4.69) is 66.9 Å². The van der Waals surface area contributed by atoms with Crippen LogP contribution in [0.3, 0.4) is 0 Å². The molecule has 0 N–H and O–H groups in total. The third-order valence-electron chi connectivity index (χ3n) is 7.09. The molecule has 0 amide bonds. The van der Waals surface area contributed by atoms with Gasteiger partial charge in [-0.3, -0.25) is 0 Å². The second-order valence-electron chi connectivity index (χ2n) is 9.46. The van der Waals surface area contributed by atoms with Gasteiger partial charge >= 0.3 is 197 Å². The van der Waals surface area contributed by atoms with Gasteiger partial charge in [-0.2, -0.15) is 0 Å². The molecule has 1 nitrogen and oxygen atoms in total. The summed E-state index contributed by atoms with van der Waals surface area (Å²) in [5.41, 5.74) is 1.49. The van der Waals surface area contributed by atoms with E-state index in [9.17, 15) is 0 Å². The van der Waals surface area contributed by atoms with E-state index in [1.54, 1.807) is 13.3 Å². The van der Waals surface area contributed by atoms with Gasteiger partial charge in [0.15, 0.2) is 0 Å². The first kappa shape index (κ1) is 30.2.